The highest BCUT2D eigenvalue weighted by atomic mass is 35.5. The van der Waals surface area contributed by atoms with E-state index in [-0.39, 0.29) is 19.0 Å². The molecule has 0 unspecified atom stereocenters. The number of carbonyl (C=O) groups excluding carboxylic acids is 1. The van der Waals surface area contributed by atoms with Gasteiger partial charge in [-0.05, 0) is 18.2 Å². The lowest BCUT2D eigenvalue weighted by molar-refractivity contribution is 0.0695. The number of nitrogens with zero attached hydrogens (tertiary/aromatic N) is 3. The summed E-state index contributed by atoms with van der Waals surface area (Å²) in [5, 5.41) is 0.317. The minimum Gasteiger partial charge on any atom is -0.497 e. The van der Waals surface area contributed by atoms with Crippen LogP contribution in [0.4, 0.5) is 0 Å². The van der Waals surface area contributed by atoms with Gasteiger partial charge >= 0.3 is 0 Å². The fourth-order valence-corrected chi connectivity index (χ4v) is 3.66. The van der Waals surface area contributed by atoms with Crippen LogP contribution in [0.1, 0.15) is 10.4 Å². The van der Waals surface area contributed by atoms with Crippen LogP contribution in [-0.2, 0) is 10.2 Å². The van der Waals surface area contributed by atoms with Gasteiger partial charge in [0.15, 0.2) is 0 Å². The Morgan fingerprint density at radius 1 is 1.22 bits per heavy atom. The lowest BCUT2D eigenvalue weighted by Gasteiger charge is -2.35. The zero-order valence-corrected chi connectivity index (χ0v) is 14.9. The van der Waals surface area contributed by atoms with Crippen LogP contribution in [0, 0.1) is 0 Å². The Kier molecular flexibility index (Phi) is 5.51. The van der Waals surface area contributed by atoms with Crippen LogP contribution < -0.4 is 4.74 Å². The molecule has 128 valence electrons. The third-order valence-electron chi connectivity index (χ3n) is 3.72. The summed E-state index contributed by atoms with van der Waals surface area (Å²) in [6.45, 7) is 1.18. The number of rotatable bonds is 4. The van der Waals surface area contributed by atoms with Gasteiger partial charge < -0.3 is 9.64 Å². The highest BCUT2D eigenvalue weighted by Gasteiger charge is 2.31. The number of hydrogen-bond donors (Lipinski definition) is 0. The zero-order valence-electron chi connectivity index (χ0n) is 13.3. The number of halogens is 1. The van der Waals surface area contributed by atoms with E-state index in [1.165, 1.54) is 29.8 Å². The Balaban J connectivity index is 2.07. The lowest BCUT2D eigenvalue weighted by atomic mass is 10.1. The van der Waals surface area contributed by atoms with E-state index >= 15 is 0 Å². The summed E-state index contributed by atoms with van der Waals surface area (Å²) >= 11 is 6.12. The van der Waals surface area contributed by atoms with Crippen molar-refractivity contribution < 1.29 is 17.9 Å². The summed E-state index contributed by atoms with van der Waals surface area (Å²) in [7, 11) is 1.06. The van der Waals surface area contributed by atoms with Gasteiger partial charge in [0.1, 0.15) is 5.75 Å². The first-order valence-electron chi connectivity index (χ1n) is 7.07. The van der Waals surface area contributed by atoms with Gasteiger partial charge in [-0.2, -0.15) is 17.0 Å². The van der Waals surface area contributed by atoms with Crippen LogP contribution in [0.15, 0.2) is 18.2 Å². The van der Waals surface area contributed by atoms with Crippen LogP contribution in [0.3, 0.4) is 0 Å². The third kappa shape index (κ3) is 3.77. The monoisotopic (exact) mass is 361 g/mol. The van der Waals surface area contributed by atoms with Crippen molar-refractivity contribution in [1.29, 1.82) is 0 Å². The Morgan fingerprint density at radius 3 is 2.30 bits per heavy atom. The summed E-state index contributed by atoms with van der Waals surface area (Å²) in [4.78, 5) is 14.1. The molecule has 1 fully saturated rings. The van der Waals surface area contributed by atoms with Crippen molar-refractivity contribution in [3.8, 4) is 5.75 Å². The molecule has 0 atom stereocenters. The van der Waals surface area contributed by atoms with Gasteiger partial charge in [-0.15, -0.1) is 0 Å². The molecule has 0 aromatic heterocycles. The first-order valence-corrected chi connectivity index (χ1v) is 8.85. The van der Waals surface area contributed by atoms with E-state index in [1.807, 2.05) is 0 Å². The molecule has 23 heavy (non-hydrogen) atoms. The number of piperazine rings is 1. The standard InChI is InChI=1S/C14H20ClN3O4S/c1-16(2)23(20,21)18-8-6-17(7-9-18)14(19)12-5-4-11(22-3)10-13(12)15/h4-5,10H,6-9H2,1-3H3. The molecule has 2 rings (SSSR count). The summed E-state index contributed by atoms with van der Waals surface area (Å²) < 4.78 is 31.7. The molecule has 0 saturated carbocycles. The van der Waals surface area contributed by atoms with Crippen LogP contribution in [0.5, 0.6) is 5.75 Å². The Labute approximate surface area is 141 Å². The molecule has 1 aromatic rings. The van der Waals surface area contributed by atoms with Gasteiger partial charge in [0.05, 0.1) is 17.7 Å². The van der Waals surface area contributed by atoms with Crippen molar-refractivity contribution in [3.63, 3.8) is 0 Å². The van der Waals surface area contributed by atoms with Crippen molar-refractivity contribution >= 4 is 27.7 Å². The second kappa shape index (κ2) is 7.04. The van der Waals surface area contributed by atoms with Gasteiger partial charge in [-0.25, -0.2) is 0 Å². The third-order valence-corrected chi connectivity index (χ3v) is 5.97. The van der Waals surface area contributed by atoms with E-state index in [9.17, 15) is 13.2 Å². The van der Waals surface area contributed by atoms with Crippen molar-refractivity contribution in [2.45, 2.75) is 0 Å². The SMILES string of the molecule is COc1ccc(C(=O)N2CCN(S(=O)(=O)N(C)C)CC2)c(Cl)c1. The second-order valence-corrected chi connectivity index (χ2v) is 7.88. The van der Waals surface area contributed by atoms with Gasteiger partial charge in [0.2, 0.25) is 0 Å². The van der Waals surface area contributed by atoms with Gasteiger partial charge in [0, 0.05) is 40.3 Å². The van der Waals surface area contributed by atoms with Crippen LogP contribution in [0.25, 0.3) is 0 Å². The van der Waals surface area contributed by atoms with Crippen molar-refractivity contribution in [3.05, 3.63) is 28.8 Å². The fourth-order valence-electron chi connectivity index (χ4n) is 2.32. The Bertz CT molecular complexity index is 685. The molecule has 0 aliphatic carbocycles. The lowest BCUT2D eigenvalue weighted by Crippen LogP contribution is -2.53. The molecule has 0 spiro atoms. The quantitative estimate of drug-likeness (QED) is 0.799. The van der Waals surface area contributed by atoms with E-state index in [0.29, 0.717) is 29.4 Å². The van der Waals surface area contributed by atoms with Crippen molar-refractivity contribution in [2.75, 3.05) is 47.4 Å². The van der Waals surface area contributed by atoms with E-state index < -0.39 is 10.2 Å². The minimum absolute atomic E-state index is 0.209. The second-order valence-electron chi connectivity index (χ2n) is 5.33. The summed E-state index contributed by atoms with van der Waals surface area (Å²) in [5.74, 6) is 0.369. The highest BCUT2D eigenvalue weighted by Crippen LogP contribution is 2.24. The van der Waals surface area contributed by atoms with E-state index in [1.54, 1.807) is 23.1 Å². The number of ether oxygens (including phenoxy) is 1. The highest BCUT2D eigenvalue weighted by molar-refractivity contribution is 7.86. The summed E-state index contributed by atoms with van der Waals surface area (Å²) in [5.41, 5.74) is 0.386. The Morgan fingerprint density at radius 2 is 1.83 bits per heavy atom. The average Bonchev–Trinajstić information content (AvgIpc) is 2.54. The minimum atomic E-state index is -3.44. The Hall–Kier alpha value is -1.35. The van der Waals surface area contributed by atoms with Crippen LogP contribution in [0.2, 0.25) is 5.02 Å². The van der Waals surface area contributed by atoms with E-state index in [2.05, 4.69) is 0 Å². The van der Waals surface area contributed by atoms with Gasteiger partial charge in [-0.1, -0.05) is 11.6 Å². The molecule has 1 aromatic carbocycles. The number of benzene rings is 1. The molecule has 7 nitrogen and oxygen atoms in total. The van der Waals surface area contributed by atoms with Gasteiger partial charge in [0.25, 0.3) is 16.1 Å². The number of hydrogen-bond acceptors (Lipinski definition) is 4. The zero-order chi connectivity index (χ0) is 17.2. The number of methoxy groups -OCH3 is 1. The maximum absolute atomic E-state index is 12.5. The topological polar surface area (TPSA) is 70.2 Å². The molecular weight excluding hydrogens is 342 g/mol. The molecule has 0 bridgehead atoms. The molecular formula is C14H20ClN3O4S. The van der Waals surface area contributed by atoms with Crippen molar-refractivity contribution in [1.82, 2.24) is 13.5 Å². The molecule has 0 N–H and O–H groups in total. The molecule has 1 aliphatic rings. The first-order chi connectivity index (χ1) is 10.8. The molecule has 1 aliphatic heterocycles. The summed E-state index contributed by atoms with van der Waals surface area (Å²) in [6.07, 6.45) is 0. The number of amides is 1. The van der Waals surface area contributed by atoms with Crippen molar-refractivity contribution in [2.24, 2.45) is 0 Å². The maximum atomic E-state index is 12.5. The van der Waals surface area contributed by atoms with Gasteiger partial charge in [-0.3, -0.25) is 4.79 Å². The van der Waals surface area contributed by atoms with E-state index in [0.717, 1.165) is 0 Å². The number of carbonyl (C=O) groups is 1. The van der Waals surface area contributed by atoms with E-state index in [4.69, 9.17) is 16.3 Å². The molecule has 9 heteroatoms. The maximum Gasteiger partial charge on any atom is 0.281 e. The molecule has 0 radical (unpaired) electrons. The smallest absolute Gasteiger partial charge is 0.281 e. The van der Waals surface area contributed by atoms with Crippen LogP contribution in [-0.4, -0.2) is 75.2 Å². The largest absolute Gasteiger partial charge is 0.497 e. The summed E-state index contributed by atoms with van der Waals surface area (Å²) in [6, 6.07) is 4.87. The average molecular weight is 362 g/mol. The van der Waals surface area contributed by atoms with Crippen LogP contribution >= 0.6 is 11.6 Å². The molecule has 1 amide bonds. The fraction of sp³-hybridized carbons (Fsp3) is 0.500. The predicted octanol–water partition coefficient (Wildman–Crippen LogP) is 0.913. The first kappa shape index (κ1) is 18.0. The molecule has 1 heterocycles. The normalized spacial score (nSPS) is 16.7. The molecule has 1 saturated heterocycles. The predicted molar refractivity (Wildman–Crippen MR) is 88.1 cm³/mol.